The number of benzene rings is 2. The van der Waals surface area contributed by atoms with Crippen molar-refractivity contribution >= 4 is 29.2 Å². The maximum atomic E-state index is 13.1. The number of esters is 1. The van der Waals surface area contributed by atoms with E-state index in [1.54, 1.807) is 31.2 Å². The van der Waals surface area contributed by atoms with E-state index in [1.807, 2.05) is 0 Å². The van der Waals surface area contributed by atoms with Crippen molar-refractivity contribution in [1.82, 2.24) is 4.57 Å². The number of nitrogens with zero attached hydrogens (tertiary/aromatic N) is 1. The first kappa shape index (κ1) is 21.4. The molecule has 0 spiro atoms. The zero-order chi connectivity index (χ0) is 21.7. The van der Waals surface area contributed by atoms with Crippen LogP contribution in [0.25, 0.3) is 5.69 Å². The van der Waals surface area contributed by atoms with Crippen LogP contribution in [0.15, 0.2) is 54.6 Å². The number of carbonyl (C=O) groups excluding carboxylic acids is 2. The van der Waals surface area contributed by atoms with Crippen LogP contribution >= 0.6 is 11.6 Å². The predicted molar refractivity (Wildman–Crippen MR) is 112 cm³/mol. The molecule has 1 heterocycles. The van der Waals surface area contributed by atoms with Gasteiger partial charge in [0.1, 0.15) is 16.7 Å². The van der Waals surface area contributed by atoms with Gasteiger partial charge in [0.25, 0.3) is 0 Å². The van der Waals surface area contributed by atoms with Gasteiger partial charge in [-0.1, -0.05) is 29.8 Å². The molecule has 1 N–H and O–H groups in total. The van der Waals surface area contributed by atoms with Gasteiger partial charge in [0, 0.05) is 6.07 Å². The van der Waals surface area contributed by atoms with Crippen molar-refractivity contribution < 1.29 is 23.5 Å². The summed E-state index contributed by atoms with van der Waals surface area (Å²) in [5.41, 5.74) is 1.50. The average Bonchev–Trinajstić information content (AvgIpc) is 3.05. The number of hydrogen-bond donors (Lipinski definition) is 1. The van der Waals surface area contributed by atoms with Gasteiger partial charge in [0.15, 0.2) is 5.69 Å². The molecule has 0 unspecified atom stereocenters. The molecule has 0 atom stereocenters. The second-order valence-electron chi connectivity index (χ2n) is 6.34. The summed E-state index contributed by atoms with van der Waals surface area (Å²) in [6.45, 7) is 1.84. The van der Waals surface area contributed by atoms with E-state index in [0.29, 0.717) is 17.0 Å². The number of nitrogens with one attached hydrogen (secondary N) is 1. The number of halogens is 2. The molecule has 2 aromatic carbocycles. The Bertz CT molecular complexity index is 1060. The van der Waals surface area contributed by atoms with E-state index in [9.17, 15) is 14.0 Å². The van der Waals surface area contributed by atoms with Gasteiger partial charge in [-0.15, -0.1) is 0 Å². The Morgan fingerprint density at radius 1 is 1.13 bits per heavy atom. The highest BCUT2D eigenvalue weighted by Crippen LogP contribution is 2.31. The van der Waals surface area contributed by atoms with Crippen molar-refractivity contribution in [2.45, 2.75) is 13.3 Å². The van der Waals surface area contributed by atoms with E-state index < -0.39 is 5.97 Å². The Labute approximate surface area is 178 Å². The van der Waals surface area contributed by atoms with Crippen molar-refractivity contribution in [2.75, 3.05) is 19.0 Å². The normalized spacial score (nSPS) is 10.5. The van der Waals surface area contributed by atoms with Crippen LogP contribution < -0.4 is 10.1 Å². The van der Waals surface area contributed by atoms with Crippen molar-refractivity contribution in [2.24, 2.45) is 0 Å². The van der Waals surface area contributed by atoms with Gasteiger partial charge in [-0.2, -0.15) is 0 Å². The molecule has 156 valence electrons. The van der Waals surface area contributed by atoms with Crippen LogP contribution in [0.2, 0.25) is 5.15 Å². The lowest BCUT2D eigenvalue weighted by atomic mass is 10.1. The van der Waals surface area contributed by atoms with Crippen LogP contribution in [0.5, 0.6) is 5.75 Å². The van der Waals surface area contributed by atoms with E-state index >= 15 is 0 Å². The third kappa shape index (κ3) is 4.80. The quantitative estimate of drug-likeness (QED) is 0.554. The summed E-state index contributed by atoms with van der Waals surface area (Å²) in [7, 11) is 1.53. The van der Waals surface area contributed by atoms with E-state index in [-0.39, 0.29) is 41.3 Å². The van der Waals surface area contributed by atoms with Gasteiger partial charge in [-0.25, -0.2) is 9.18 Å². The molecule has 30 heavy (non-hydrogen) atoms. The third-order valence-corrected chi connectivity index (χ3v) is 4.57. The van der Waals surface area contributed by atoms with Gasteiger partial charge in [0.05, 0.1) is 31.5 Å². The lowest BCUT2D eigenvalue weighted by Crippen LogP contribution is -2.18. The number of ether oxygens (including phenoxy) is 2. The molecule has 0 radical (unpaired) electrons. The molecule has 3 aromatic rings. The number of amides is 1. The smallest absolute Gasteiger partial charge is 0.357 e. The number of methoxy groups -OCH3 is 1. The minimum atomic E-state index is -0.635. The fourth-order valence-electron chi connectivity index (χ4n) is 2.96. The lowest BCUT2D eigenvalue weighted by molar-refractivity contribution is -0.115. The van der Waals surface area contributed by atoms with Crippen LogP contribution in [0.4, 0.5) is 10.1 Å². The number of anilines is 1. The number of rotatable bonds is 7. The van der Waals surface area contributed by atoms with E-state index in [0.717, 1.165) is 0 Å². The van der Waals surface area contributed by atoms with Crippen LogP contribution in [0.3, 0.4) is 0 Å². The summed E-state index contributed by atoms with van der Waals surface area (Å²) in [4.78, 5) is 25.2. The molecule has 8 heteroatoms. The molecular formula is C22H20ClFN2O4. The first-order chi connectivity index (χ1) is 14.4. The Morgan fingerprint density at radius 3 is 2.53 bits per heavy atom. The van der Waals surface area contributed by atoms with Crippen LogP contribution in [-0.2, 0) is 16.0 Å². The second kappa shape index (κ2) is 9.45. The van der Waals surface area contributed by atoms with Gasteiger partial charge < -0.3 is 14.8 Å². The molecular weight excluding hydrogens is 411 g/mol. The van der Waals surface area contributed by atoms with Crippen molar-refractivity contribution in [3.63, 3.8) is 0 Å². The van der Waals surface area contributed by atoms with Crippen molar-refractivity contribution in [3.05, 3.63) is 76.8 Å². The Morgan fingerprint density at radius 2 is 1.87 bits per heavy atom. The molecule has 0 fully saturated rings. The number of hydrogen-bond acceptors (Lipinski definition) is 4. The average molecular weight is 431 g/mol. The van der Waals surface area contributed by atoms with Gasteiger partial charge in [-0.3, -0.25) is 9.36 Å². The molecule has 0 saturated heterocycles. The van der Waals surface area contributed by atoms with Crippen LogP contribution in [0.1, 0.15) is 23.0 Å². The van der Waals surface area contributed by atoms with Crippen LogP contribution in [-0.4, -0.2) is 30.2 Å². The molecule has 0 bridgehead atoms. The second-order valence-corrected chi connectivity index (χ2v) is 6.73. The van der Waals surface area contributed by atoms with E-state index in [2.05, 4.69) is 5.32 Å². The van der Waals surface area contributed by atoms with E-state index in [4.69, 9.17) is 21.1 Å². The summed E-state index contributed by atoms with van der Waals surface area (Å²) in [5, 5.41) is 2.91. The summed E-state index contributed by atoms with van der Waals surface area (Å²) in [6, 6.07) is 14.1. The van der Waals surface area contributed by atoms with Gasteiger partial charge >= 0.3 is 5.97 Å². The lowest BCUT2D eigenvalue weighted by Gasteiger charge is -2.13. The zero-order valence-electron chi connectivity index (χ0n) is 16.4. The van der Waals surface area contributed by atoms with E-state index in [1.165, 1.54) is 42.0 Å². The topological polar surface area (TPSA) is 69.6 Å². The summed E-state index contributed by atoms with van der Waals surface area (Å²) in [5.74, 6) is -0.823. The predicted octanol–water partition coefficient (Wildman–Crippen LogP) is 4.64. The fraction of sp³-hybridized carbons (Fsp3) is 0.182. The SMILES string of the molecule is CCOC(=O)c1c(NC(=O)Cc2ccc(F)cc2)cc(Cl)n1-c1cccc(OC)c1. The molecule has 0 aliphatic carbocycles. The monoisotopic (exact) mass is 430 g/mol. The van der Waals surface area contributed by atoms with Crippen molar-refractivity contribution in [3.8, 4) is 11.4 Å². The molecule has 0 aliphatic rings. The maximum Gasteiger partial charge on any atom is 0.357 e. The first-order valence-electron chi connectivity index (χ1n) is 9.20. The Hall–Kier alpha value is -3.32. The highest BCUT2D eigenvalue weighted by Gasteiger charge is 2.24. The number of carbonyl (C=O) groups is 2. The molecule has 0 saturated carbocycles. The summed E-state index contributed by atoms with van der Waals surface area (Å²) >= 11 is 6.41. The summed E-state index contributed by atoms with van der Waals surface area (Å²) in [6.07, 6.45) is 0.00447. The van der Waals surface area contributed by atoms with Gasteiger partial charge in [0.2, 0.25) is 5.91 Å². The largest absolute Gasteiger partial charge is 0.497 e. The minimum absolute atomic E-state index is 0.00447. The minimum Gasteiger partial charge on any atom is -0.497 e. The third-order valence-electron chi connectivity index (χ3n) is 4.29. The molecule has 6 nitrogen and oxygen atoms in total. The van der Waals surface area contributed by atoms with Crippen molar-refractivity contribution in [1.29, 1.82) is 0 Å². The standard InChI is InChI=1S/C22H20ClFN2O4/c1-3-30-22(28)21-18(25-20(27)11-14-7-9-15(24)10-8-14)13-19(23)26(21)16-5-4-6-17(12-16)29-2/h4-10,12-13H,3,11H2,1-2H3,(H,25,27). The molecule has 0 aliphatic heterocycles. The highest BCUT2D eigenvalue weighted by molar-refractivity contribution is 6.31. The summed E-state index contributed by atoms with van der Waals surface area (Å²) < 4.78 is 25.0. The number of aromatic nitrogens is 1. The zero-order valence-corrected chi connectivity index (χ0v) is 17.2. The first-order valence-corrected chi connectivity index (χ1v) is 9.57. The van der Waals surface area contributed by atoms with Gasteiger partial charge in [-0.05, 0) is 42.8 Å². The fourth-order valence-corrected chi connectivity index (χ4v) is 3.25. The maximum absolute atomic E-state index is 13.1. The molecule has 3 rings (SSSR count). The van der Waals surface area contributed by atoms with Crippen LogP contribution in [0, 0.1) is 5.82 Å². The molecule has 1 aromatic heterocycles. The Balaban J connectivity index is 1.96. The molecule has 1 amide bonds. The highest BCUT2D eigenvalue weighted by atomic mass is 35.5. The Kier molecular flexibility index (Phi) is 6.74.